The van der Waals surface area contributed by atoms with Crippen LogP contribution in [0.5, 0.6) is 0 Å². The van der Waals surface area contributed by atoms with Crippen molar-refractivity contribution in [2.24, 2.45) is 0 Å². The third kappa shape index (κ3) is 3.84. The Bertz CT molecular complexity index is 994. The number of carbonyl (C=O) groups excluding carboxylic acids is 1. The Morgan fingerprint density at radius 3 is 2.89 bits per heavy atom. The summed E-state index contributed by atoms with van der Waals surface area (Å²) in [6.45, 7) is 2.89. The molecule has 28 heavy (non-hydrogen) atoms. The number of fused-ring (bicyclic) bond motifs is 1. The van der Waals surface area contributed by atoms with E-state index in [1.54, 1.807) is 6.20 Å². The zero-order valence-corrected chi connectivity index (χ0v) is 16.0. The minimum atomic E-state index is 0.00302. The number of aliphatic hydroxyl groups excluding tert-OH is 1. The number of rotatable bonds is 8. The Balaban J connectivity index is 1.58. The smallest absolute Gasteiger partial charge is 0.251 e. The molecule has 1 amide bonds. The van der Waals surface area contributed by atoms with Crippen molar-refractivity contribution in [1.82, 2.24) is 19.7 Å². The van der Waals surface area contributed by atoms with Crippen LogP contribution in [0.2, 0.25) is 0 Å². The first kappa shape index (κ1) is 18.4. The van der Waals surface area contributed by atoms with Gasteiger partial charge in [0.25, 0.3) is 5.91 Å². The van der Waals surface area contributed by atoms with Crippen molar-refractivity contribution in [3.8, 4) is 11.3 Å². The van der Waals surface area contributed by atoms with Crippen LogP contribution in [0.15, 0.2) is 36.8 Å². The molecule has 2 aromatic heterocycles. The lowest BCUT2D eigenvalue weighted by Gasteiger charge is -2.10. The van der Waals surface area contributed by atoms with Gasteiger partial charge in [0.2, 0.25) is 0 Å². The average molecular weight is 379 g/mol. The summed E-state index contributed by atoms with van der Waals surface area (Å²) in [6, 6.07) is 6.23. The number of hydrogen-bond acceptors (Lipinski definition) is 5. The summed E-state index contributed by atoms with van der Waals surface area (Å²) in [5, 5.41) is 15.2. The fourth-order valence-electron chi connectivity index (χ4n) is 3.27. The number of amides is 1. The largest absolute Gasteiger partial charge is 0.396 e. The molecule has 1 aliphatic rings. The van der Waals surface area contributed by atoms with Gasteiger partial charge in [-0.15, -0.1) is 0 Å². The summed E-state index contributed by atoms with van der Waals surface area (Å²) in [4.78, 5) is 21.3. The molecule has 1 aromatic carbocycles. The van der Waals surface area contributed by atoms with Gasteiger partial charge in [-0.1, -0.05) is 6.07 Å². The van der Waals surface area contributed by atoms with E-state index in [1.807, 2.05) is 41.9 Å². The summed E-state index contributed by atoms with van der Waals surface area (Å²) in [6.07, 6.45) is 9.25. The number of unbranched alkanes of at least 4 members (excludes halogenated alkanes) is 1. The molecule has 1 aliphatic carbocycles. The molecule has 1 saturated carbocycles. The van der Waals surface area contributed by atoms with Gasteiger partial charge in [-0.05, 0) is 50.3 Å². The molecular weight excluding hydrogens is 354 g/mol. The third-order valence-corrected chi connectivity index (χ3v) is 4.98. The minimum Gasteiger partial charge on any atom is -0.396 e. The molecule has 0 spiro atoms. The Labute approximate surface area is 163 Å². The van der Waals surface area contributed by atoms with E-state index >= 15 is 0 Å². The van der Waals surface area contributed by atoms with Crippen LogP contribution in [0.1, 0.15) is 41.6 Å². The lowest BCUT2D eigenvalue weighted by atomic mass is 10.0. The zero-order valence-electron chi connectivity index (χ0n) is 16.0. The summed E-state index contributed by atoms with van der Waals surface area (Å²) < 4.78 is 2.00. The van der Waals surface area contributed by atoms with Crippen molar-refractivity contribution >= 4 is 17.4 Å². The van der Waals surface area contributed by atoms with Gasteiger partial charge in [-0.2, -0.15) is 0 Å². The maximum absolute atomic E-state index is 12.4. The summed E-state index contributed by atoms with van der Waals surface area (Å²) in [7, 11) is 0. The van der Waals surface area contributed by atoms with E-state index in [4.69, 9.17) is 5.11 Å². The lowest BCUT2D eigenvalue weighted by molar-refractivity contribution is 0.0950. The maximum Gasteiger partial charge on any atom is 0.251 e. The van der Waals surface area contributed by atoms with Crippen LogP contribution in [0.4, 0.5) is 5.82 Å². The molecule has 0 unspecified atom stereocenters. The van der Waals surface area contributed by atoms with E-state index in [-0.39, 0.29) is 12.5 Å². The molecule has 0 radical (unpaired) electrons. The maximum atomic E-state index is 12.4. The van der Waals surface area contributed by atoms with Gasteiger partial charge in [-0.3, -0.25) is 9.20 Å². The molecule has 0 atom stereocenters. The van der Waals surface area contributed by atoms with E-state index in [0.29, 0.717) is 6.04 Å². The molecule has 4 rings (SSSR count). The second-order valence-corrected chi connectivity index (χ2v) is 7.25. The van der Waals surface area contributed by atoms with Crippen LogP contribution >= 0.6 is 0 Å². The number of aryl methyl sites for hydroxylation is 1. The zero-order chi connectivity index (χ0) is 19.5. The second-order valence-electron chi connectivity index (χ2n) is 7.25. The Morgan fingerprint density at radius 1 is 1.29 bits per heavy atom. The van der Waals surface area contributed by atoms with E-state index in [9.17, 15) is 4.79 Å². The predicted octanol–water partition coefficient (Wildman–Crippen LogP) is 2.78. The minimum absolute atomic E-state index is 0.00302. The summed E-state index contributed by atoms with van der Waals surface area (Å²) in [5.41, 5.74) is 4.38. The molecule has 1 fully saturated rings. The number of nitrogens with zero attached hydrogens (tertiary/aromatic N) is 3. The van der Waals surface area contributed by atoms with E-state index in [1.165, 1.54) is 0 Å². The van der Waals surface area contributed by atoms with Crippen molar-refractivity contribution in [1.29, 1.82) is 0 Å². The number of anilines is 1. The summed E-state index contributed by atoms with van der Waals surface area (Å²) >= 11 is 0. The predicted molar refractivity (Wildman–Crippen MR) is 108 cm³/mol. The quantitative estimate of drug-likeness (QED) is 0.524. The van der Waals surface area contributed by atoms with Crippen LogP contribution in [0, 0.1) is 6.92 Å². The standard InChI is InChI=1S/C21H25N5O2/c1-14-12-15(4-7-17(14)21(28)25-16-5-6-16)18-13-24-20-19(22-8-2-3-11-27)23-9-10-26(18)20/h4,7,9-10,12-13,16,27H,2-3,5-6,8,11H2,1H3,(H,22,23)(H,25,28). The van der Waals surface area contributed by atoms with E-state index in [2.05, 4.69) is 20.6 Å². The van der Waals surface area contributed by atoms with Gasteiger partial charge in [0, 0.05) is 42.7 Å². The van der Waals surface area contributed by atoms with Crippen LogP contribution < -0.4 is 10.6 Å². The van der Waals surface area contributed by atoms with Gasteiger partial charge >= 0.3 is 0 Å². The van der Waals surface area contributed by atoms with Crippen molar-refractivity contribution in [3.63, 3.8) is 0 Å². The highest BCUT2D eigenvalue weighted by molar-refractivity contribution is 5.96. The molecule has 7 heteroatoms. The van der Waals surface area contributed by atoms with Crippen molar-refractivity contribution in [2.45, 2.75) is 38.6 Å². The Kier molecular flexibility index (Phi) is 5.25. The normalized spacial score (nSPS) is 13.6. The Hall–Kier alpha value is -2.93. The molecule has 0 saturated heterocycles. The second kappa shape index (κ2) is 7.98. The number of imidazole rings is 1. The molecule has 3 N–H and O–H groups in total. The molecular formula is C21H25N5O2. The van der Waals surface area contributed by atoms with Crippen molar-refractivity contribution < 1.29 is 9.90 Å². The topological polar surface area (TPSA) is 91.6 Å². The SMILES string of the molecule is Cc1cc(-c2cnc3c(NCCCCO)nccn23)ccc1C(=O)NC1CC1. The average Bonchev–Trinajstić information content (AvgIpc) is 3.39. The third-order valence-electron chi connectivity index (χ3n) is 4.98. The molecule has 0 bridgehead atoms. The van der Waals surface area contributed by atoms with Crippen molar-refractivity contribution in [3.05, 3.63) is 47.9 Å². The van der Waals surface area contributed by atoms with Gasteiger partial charge in [0.05, 0.1) is 11.9 Å². The lowest BCUT2D eigenvalue weighted by Crippen LogP contribution is -2.26. The number of carbonyl (C=O) groups is 1. The number of nitrogens with one attached hydrogen (secondary N) is 2. The fourth-order valence-corrected chi connectivity index (χ4v) is 3.27. The van der Waals surface area contributed by atoms with E-state index < -0.39 is 0 Å². The monoisotopic (exact) mass is 379 g/mol. The van der Waals surface area contributed by atoms with Crippen LogP contribution in [0.3, 0.4) is 0 Å². The molecule has 146 valence electrons. The first-order valence-electron chi connectivity index (χ1n) is 9.76. The number of hydrogen-bond donors (Lipinski definition) is 3. The highest BCUT2D eigenvalue weighted by Gasteiger charge is 2.24. The summed E-state index contributed by atoms with van der Waals surface area (Å²) in [5.74, 6) is 0.729. The first-order chi connectivity index (χ1) is 13.7. The molecule has 7 nitrogen and oxygen atoms in total. The molecule has 3 aromatic rings. The number of aromatic nitrogens is 3. The highest BCUT2D eigenvalue weighted by atomic mass is 16.2. The van der Waals surface area contributed by atoms with Crippen LogP contribution in [0.25, 0.3) is 16.9 Å². The van der Waals surface area contributed by atoms with Gasteiger partial charge in [0.1, 0.15) is 0 Å². The van der Waals surface area contributed by atoms with Gasteiger partial charge in [-0.25, -0.2) is 9.97 Å². The Morgan fingerprint density at radius 2 is 2.14 bits per heavy atom. The van der Waals surface area contributed by atoms with Gasteiger partial charge in [0.15, 0.2) is 11.5 Å². The van der Waals surface area contributed by atoms with E-state index in [0.717, 1.165) is 66.1 Å². The van der Waals surface area contributed by atoms with Crippen LogP contribution in [-0.2, 0) is 0 Å². The fraction of sp³-hybridized carbons (Fsp3) is 0.381. The first-order valence-corrected chi connectivity index (χ1v) is 9.76. The van der Waals surface area contributed by atoms with Crippen LogP contribution in [-0.4, -0.2) is 44.6 Å². The highest BCUT2D eigenvalue weighted by Crippen LogP contribution is 2.26. The number of aliphatic hydroxyl groups is 1. The number of benzene rings is 1. The van der Waals surface area contributed by atoms with Gasteiger partial charge < -0.3 is 15.7 Å². The molecule has 0 aliphatic heterocycles. The van der Waals surface area contributed by atoms with Crippen molar-refractivity contribution in [2.75, 3.05) is 18.5 Å². The molecule has 2 heterocycles.